The number of benzene rings is 1. The molecule has 3 heterocycles. The molecule has 2 aliphatic rings. The van der Waals surface area contributed by atoms with Crippen molar-refractivity contribution in [1.82, 2.24) is 14.9 Å². The summed E-state index contributed by atoms with van der Waals surface area (Å²) in [6, 6.07) is 8.17. The van der Waals surface area contributed by atoms with E-state index in [-0.39, 0.29) is 6.04 Å². The van der Waals surface area contributed by atoms with Crippen LogP contribution >= 0.6 is 22.9 Å². The second-order valence-electron chi connectivity index (χ2n) is 7.83. The number of aryl methyl sites for hydroxylation is 2. The molecule has 1 fully saturated rings. The van der Waals surface area contributed by atoms with E-state index in [2.05, 4.69) is 29.3 Å². The van der Waals surface area contributed by atoms with Crippen LogP contribution < -0.4 is 5.32 Å². The Morgan fingerprint density at radius 2 is 1.97 bits per heavy atom. The summed E-state index contributed by atoms with van der Waals surface area (Å²) in [6.07, 6.45) is 3.53. The summed E-state index contributed by atoms with van der Waals surface area (Å²) < 4.78 is 5.48. The Hall–Kier alpha value is -1.73. The first-order valence-electron chi connectivity index (χ1n) is 10.3. The van der Waals surface area contributed by atoms with Gasteiger partial charge in [0.25, 0.3) is 0 Å². The van der Waals surface area contributed by atoms with Gasteiger partial charge in [0.2, 0.25) is 0 Å². The molecule has 0 unspecified atom stereocenters. The van der Waals surface area contributed by atoms with Crippen LogP contribution in [0.25, 0.3) is 10.2 Å². The van der Waals surface area contributed by atoms with E-state index >= 15 is 0 Å². The molecule has 1 N–H and O–H groups in total. The van der Waals surface area contributed by atoms with E-state index < -0.39 is 0 Å². The molecule has 2 aromatic heterocycles. The monoisotopic (exact) mass is 428 g/mol. The van der Waals surface area contributed by atoms with Gasteiger partial charge in [-0.1, -0.05) is 23.7 Å². The molecule has 29 heavy (non-hydrogen) atoms. The van der Waals surface area contributed by atoms with Crippen molar-refractivity contribution in [1.29, 1.82) is 0 Å². The molecule has 0 radical (unpaired) electrons. The average Bonchev–Trinajstić information content (AvgIpc) is 3.30. The van der Waals surface area contributed by atoms with Crippen LogP contribution in [0.15, 0.2) is 24.3 Å². The average molecular weight is 429 g/mol. The molecule has 0 amide bonds. The van der Waals surface area contributed by atoms with E-state index in [0.717, 1.165) is 60.8 Å². The van der Waals surface area contributed by atoms with Crippen molar-refractivity contribution in [3.8, 4) is 0 Å². The van der Waals surface area contributed by atoms with Crippen molar-refractivity contribution >= 4 is 39.0 Å². The number of fused-ring (bicyclic) bond motifs is 3. The highest BCUT2D eigenvalue weighted by Crippen LogP contribution is 2.40. The van der Waals surface area contributed by atoms with Gasteiger partial charge >= 0.3 is 0 Å². The molecular weight excluding hydrogens is 404 g/mol. The second kappa shape index (κ2) is 8.19. The minimum absolute atomic E-state index is 0.138. The lowest BCUT2D eigenvalue weighted by atomic mass is 10.1. The highest BCUT2D eigenvalue weighted by atomic mass is 35.5. The standard InChI is InChI=1S/C22H25ClN4OS/c1-14(15-5-7-16(23)8-6-15)24-21-20-17-3-2-4-18(17)29-22(20)26-19(25-21)13-27-9-11-28-12-10-27/h5-8,14H,2-4,9-13H2,1H3,(H,24,25,26)/t14-/m1/s1. The fourth-order valence-electron chi connectivity index (χ4n) is 4.21. The molecule has 1 aromatic carbocycles. The predicted molar refractivity (Wildman–Crippen MR) is 119 cm³/mol. The molecule has 152 valence electrons. The van der Waals surface area contributed by atoms with Crippen LogP contribution in [0, 0.1) is 0 Å². The van der Waals surface area contributed by atoms with E-state index in [0.29, 0.717) is 0 Å². The summed E-state index contributed by atoms with van der Waals surface area (Å²) in [5.74, 6) is 1.87. The number of hydrogen-bond donors (Lipinski definition) is 1. The predicted octanol–water partition coefficient (Wildman–Crippen LogP) is 4.84. The number of morpholine rings is 1. The van der Waals surface area contributed by atoms with E-state index in [1.165, 1.54) is 34.2 Å². The topological polar surface area (TPSA) is 50.3 Å². The molecule has 1 aliphatic heterocycles. The molecule has 1 saturated heterocycles. The Balaban J connectivity index is 1.49. The minimum Gasteiger partial charge on any atom is -0.379 e. The largest absolute Gasteiger partial charge is 0.379 e. The number of hydrogen-bond acceptors (Lipinski definition) is 6. The number of halogens is 1. The highest BCUT2D eigenvalue weighted by Gasteiger charge is 2.24. The maximum atomic E-state index is 6.06. The van der Waals surface area contributed by atoms with Gasteiger partial charge in [0.15, 0.2) is 0 Å². The summed E-state index contributed by atoms with van der Waals surface area (Å²) in [5.41, 5.74) is 2.65. The van der Waals surface area contributed by atoms with Crippen LogP contribution in [0.1, 0.15) is 41.2 Å². The molecule has 3 aromatic rings. The van der Waals surface area contributed by atoms with Crippen molar-refractivity contribution in [3.63, 3.8) is 0 Å². The lowest BCUT2D eigenvalue weighted by molar-refractivity contribution is 0.0331. The Morgan fingerprint density at radius 3 is 2.76 bits per heavy atom. The van der Waals surface area contributed by atoms with Gasteiger partial charge in [-0.05, 0) is 49.4 Å². The number of ether oxygens (including phenoxy) is 1. The third-order valence-corrected chi connectivity index (χ3v) is 7.24. The summed E-state index contributed by atoms with van der Waals surface area (Å²) in [5, 5.41) is 5.67. The Bertz CT molecular complexity index is 1010. The molecule has 5 nitrogen and oxygen atoms in total. The van der Waals surface area contributed by atoms with Gasteiger partial charge in [0.05, 0.1) is 25.1 Å². The van der Waals surface area contributed by atoms with Crippen LogP contribution in [-0.4, -0.2) is 41.2 Å². The van der Waals surface area contributed by atoms with Crippen molar-refractivity contribution in [2.75, 3.05) is 31.6 Å². The molecule has 1 atom stereocenters. The number of rotatable bonds is 5. The van der Waals surface area contributed by atoms with Gasteiger partial charge in [0.1, 0.15) is 16.5 Å². The van der Waals surface area contributed by atoms with Gasteiger partial charge in [-0.15, -0.1) is 11.3 Å². The molecule has 5 rings (SSSR count). The van der Waals surface area contributed by atoms with E-state index in [9.17, 15) is 0 Å². The number of aromatic nitrogens is 2. The first-order chi connectivity index (χ1) is 14.2. The van der Waals surface area contributed by atoms with Crippen molar-refractivity contribution in [2.24, 2.45) is 0 Å². The second-order valence-corrected chi connectivity index (χ2v) is 9.35. The maximum Gasteiger partial charge on any atom is 0.146 e. The number of thiophene rings is 1. The van der Waals surface area contributed by atoms with Crippen LogP contribution in [0.5, 0.6) is 0 Å². The van der Waals surface area contributed by atoms with Crippen LogP contribution in [0.2, 0.25) is 5.02 Å². The number of nitrogens with zero attached hydrogens (tertiary/aromatic N) is 3. The van der Waals surface area contributed by atoms with E-state index in [1.54, 1.807) is 0 Å². The Kier molecular flexibility index (Phi) is 5.43. The molecule has 0 saturated carbocycles. The lowest BCUT2D eigenvalue weighted by Gasteiger charge is -2.26. The fraction of sp³-hybridized carbons (Fsp3) is 0.455. The minimum atomic E-state index is 0.138. The maximum absolute atomic E-state index is 6.06. The van der Waals surface area contributed by atoms with E-state index in [1.807, 2.05) is 23.5 Å². The van der Waals surface area contributed by atoms with Gasteiger partial charge < -0.3 is 10.1 Å². The summed E-state index contributed by atoms with van der Waals surface area (Å²) in [7, 11) is 0. The molecule has 7 heteroatoms. The zero-order valence-corrected chi connectivity index (χ0v) is 18.2. The zero-order valence-electron chi connectivity index (χ0n) is 16.6. The van der Waals surface area contributed by atoms with Gasteiger partial charge in [-0.25, -0.2) is 9.97 Å². The van der Waals surface area contributed by atoms with Crippen molar-refractivity contribution < 1.29 is 4.74 Å². The third-order valence-electron chi connectivity index (χ3n) is 5.80. The van der Waals surface area contributed by atoms with Crippen LogP contribution in [-0.2, 0) is 24.1 Å². The van der Waals surface area contributed by atoms with Crippen LogP contribution in [0.4, 0.5) is 5.82 Å². The molecule has 0 bridgehead atoms. The summed E-state index contributed by atoms with van der Waals surface area (Å²) >= 11 is 7.91. The number of anilines is 1. The van der Waals surface area contributed by atoms with Crippen molar-refractivity contribution in [3.05, 3.63) is 51.1 Å². The smallest absolute Gasteiger partial charge is 0.146 e. The summed E-state index contributed by atoms with van der Waals surface area (Å²) in [4.78, 5) is 14.9. The summed E-state index contributed by atoms with van der Waals surface area (Å²) in [6.45, 7) is 6.39. The zero-order chi connectivity index (χ0) is 19.8. The van der Waals surface area contributed by atoms with Crippen molar-refractivity contribution in [2.45, 2.75) is 38.8 Å². The third kappa shape index (κ3) is 3.99. The first kappa shape index (κ1) is 19.2. The quantitative estimate of drug-likeness (QED) is 0.630. The SMILES string of the molecule is C[C@@H](Nc1nc(CN2CCOCC2)nc2sc3c(c12)CCC3)c1ccc(Cl)cc1. The van der Waals surface area contributed by atoms with Gasteiger partial charge in [-0.2, -0.15) is 0 Å². The first-order valence-corrected chi connectivity index (χ1v) is 11.5. The normalized spacial score (nSPS) is 18.1. The van der Waals surface area contributed by atoms with Gasteiger partial charge in [0, 0.05) is 29.0 Å². The Labute approximate surface area is 180 Å². The fourth-order valence-corrected chi connectivity index (χ4v) is 5.62. The molecule has 0 spiro atoms. The van der Waals surface area contributed by atoms with Crippen LogP contribution in [0.3, 0.4) is 0 Å². The molecular formula is C22H25ClN4OS. The highest BCUT2D eigenvalue weighted by molar-refractivity contribution is 7.19. The van der Waals surface area contributed by atoms with E-state index in [4.69, 9.17) is 26.3 Å². The number of nitrogens with one attached hydrogen (secondary N) is 1. The van der Waals surface area contributed by atoms with Gasteiger partial charge in [-0.3, -0.25) is 4.90 Å². The Morgan fingerprint density at radius 1 is 1.17 bits per heavy atom. The molecule has 1 aliphatic carbocycles. The lowest BCUT2D eigenvalue weighted by Crippen LogP contribution is -2.36.